The maximum absolute atomic E-state index is 13.0. The van der Waals surface area contributed by atoms with E-state index in [4.69, 9.17) is 4.74 Å². The molecule has 0 aliphatic heterocycles. The van der Waals surface area contributed by atoms with Gasteiger partial charge in [-0.05, 0) is 53.0 Å². The van der Waals surface area contributed by atoms with Crippen LogP contribution >= 0.6 is 0 Å². The Kier molecular flexibility index (Phi) is 7.73. The van der Waals surface area contributed by atoms with Gasteiger partial charge in [-0.2, -0.15) is 0 Å². The van der Waals surface area contributed by atoms with Crippen molar-refractivity contribution in [2.75, 3.05) is 13.2 Å². The number of aliphatic carboxylic acids is 1. The second-order valence-corrected chi connectivity index (χ2v) is 10.2. The number of nitrogens with zero attached hydrogens (tertiary/aromatic N) is 1. The van der Waals surface area contributed by atoms with E-state index in [0.29, 0.717) is 6.42 Å². The molecule has 0 radical (unpaired) electrons. The zero-order valence-electron chi connectivity index (χ0n) is 21.2. The molecule has 3 aromatic rings. The first-order valence-corrected chi connectivity index (χ1v) is 13.1. The van der Waals surface area contributed by atoms with Crippen LogP contribution in [0.25, 0.3) is 11.1 Å². The number of nitrogens with one attached hydrogen (secondary N) is 1. The van der Waals surface area contributed by atoms with Crippen molar-refractivity contribution in [3.05, 3.63) is 95.6 Å². The zero-order chi connectivity index (χ0) is 26.5. The van der Waals surface area contributed by atoms with Crippen LogP contribution in [0.4, 0.5) is 4.79 Å². The van der Waals surface area contributed by atoms with Gasteiger partial charge < -0.3 is 20.1 Å². The second-order valence-electron chi connectivity index (χ2n) is 10.2. The minimum absolute atomic E-state index is 0.00642. The van der Waals surface area contributed by atoms with E-state index in [1.165, 1.54) is 27.2 Å². The van der Waals surface area contributed by atoms with Gasteiger partial charge in [0, 0.05) is 24.9 Å². The van der Waals surface area contributed by atoms with Crippen LogP contribution in [0.3, 0.4) is 0 Å². The van der Waals surface area contributed by atoms with E-state index < -0.39 is 12.1 Å². The maximum atomic E-state index is 13.0. The molecule has 2 atom stereocenters. The van der Waals surface area contributed by atoms with Crippen LogP contribution in [0, 0.1) is 5.92 Å². The third-order valence-electron chi connectivity index (χ3n) is 7.57. The summed E-state index contributed by atoms with van der Waals surface area (Å²) >= 11 is 0. The Bertz CT molecular complexity index is 1260. The van der Waals surface area contributed by atoms with Gasteiger partial charge in [0.15, 0.2) is 0 Å². The summed E-state index contributed by atoms with van der Waals surface area (Å²) in [7, 11) is 0. The summed E-state index contributed by atoms with van der Waals surface area (Å²) < 4.78 is 5.68. The standard InChI is InChI=1S/C31H32N2O5/c34-29(33(19-30(35)36)18-21-8-2-1-3-9-21)17-22-14-15-23(16-22)32-31(37)38-20-28-26-12-6-4-10-24(26)25-11-5-7-13-27(25)28/h1-13,22-23,28H,14-20H2,(H,32,37)(H,35,36)/t22-,23+/m1/s1. The van der Waals surface area contributed by atoms with Crippen molar-refractivity contribution in [3.63, 3.8) is 0 Å². The second kappa shape index (κ2) is 11.5. The molecule has 2 N–H and O–H groups in total. The number of hydrogen-bond acceptors (Lipinski definition) is 4. The molecule has 0 aromatic heterocycles. The summed E-state index contributed by atoms with van der Waals surface area (Å²) in [5.74, 6) is -1.11. The lowest BCUT2D eigenvalue weighted by atomic mass is 9.98. The number of hydrogen-bond donors (Lipinski definition) is 2. The molecule has 0 spiro atoms. The highest BCUT2D eigenvalue weighted by Gasteiger charge is 2.32. The molecule has 7 nitrogen and oxygen atoms in total. The highest BCUT2D eigenvalue weighted by molar-refractivity contribution is 5.81. The van der Waals surface area contributed by atoms with E-state index in [1.54, 1.807) is 0 Å². The molecule has 38 heavy (non-hydrogen) atoms. The van der Waals surface area contributed by atoms with Gasteiger partial charge in [0.2, 0.25) is 5.91 Å². The summed E-state index contributed by atoms with van der Waals surface area (Å²) in [5, 5.41) is 12.3. The summed E-state index contributed by atoms with van der Waals surface area (Å²) in [6.07, 6.45) is 2.05. The van der Waals surface area contributed by atoms with Gasteiger partial charge in [-0.15, -0.1) is 0 Å². The van der Waals surface area contributed by atoms with Crippen molar-refractivity contribution in [1.82, 2.24) is 10.2 Å². The van der Waals surface area contributed by atoms with Gasteiger partial charge in [-0.3, -0.25) is 9.59 Å². The van der Waals surface area contributed by atoms with Crippen LogP contribution < -0.4 is 5.32 Å². The number of fused-ring (bicyclic) bond motifs is 3. The normalized spacial score (nSPS) is 17.9. The van der Waals surface area contributed by atoms with E-state index in [-0.39, 0.29) is 49.9 Å². The molecule has 1 saturated carbocycles. The first kappa shape index (κ1) is 25.5. The maximum Gasteiger partial charge on any atom is 0.407 e. The van der Waals surface area contributed by atoms with Gasteiger partial charge >= 0.3 is 12.1 Å². The Balaban J connectivity index is 1.12. The van der Waals surface area contributed by atoms with Crippen LogP contribution in [0.1, 0.15) is 48.3 Å². The highest BCUT2D eigenvalue weighted by Crippen LogP contribution is 2.44. The van der Waals surface area contributed by atoms with Crippen molar-refractivity contribution in [3.8, 4) is 11.1 Å². The van der Waals surface area contributed by atoms with Crippen LogP contribution in [0.5, 0.6) is 0 Å². The van der Waals surface area contributed by atoms with E-state index >= 15 is 0 Å². The molecule has 0 heterocycles. The minimum Gasteiger partial charge on any atom is -0.480 e. The van der Waals surface area contributed by atoms with Crippen molar-refractivity contribution < 1.29 is 24.2 Å². The minimum atomic E-state index is -1.03. The number of carboxylic acid groups (broad SMARTS) is 1. The predicted molar refractivity (Wildman–Crippen MR) is 143 cm³/mol. The van der Waals surface area contributed by atoms with Gasteiger partial charge in [0.25, 0.3) is 0 Å². The van der Waals surface area contributed by atoms with E-state index in [1.807, 2.05) is 54.6 Å². The molecule has 5 rings (SSSR count). The predicted octanol–water partition coefficient (Wildman–Crippen LogP) is 5.20. The Morgan fingerprint density at radius 3 is 2.16 bits per heavy atom. The lowest BCUT2D eigenvalue weighted by Crippen LogP contribution is -2.36. The lowest BCUT2D eigenvalue weighted by molar-refractivity contribution is -0.145. The quantitative estimate of drug-likeness (QED) is 0.411. The first-order chi connectivity index (χ1) is 18.5. The summed E-state index contributed by atoms with van der Waals surface area (Å²) in [6, 6.07) is 25.8. The van der Waals surface area contributed by atoms with E-state index in [2.05, 4.69) is 29.6 Å². The average Bonchev–Trinajstić information content (AvgIpc) is 3.49. The largest absolute Gasteiger partial charge is 0.480 e. The van der Waals surface area contributed by atoms with Gasteiger partial charge in [-0.1, -0.05) is 78.9 Å². The molecular weight excluding hydrogens is 480 g/mol. The third kappa shape index (κ3) is 5.88. The molecule has 7 heteroatoms. The Morgan fingerprint density at radius 2 is 1.50 bits per heavy atom. The fraction of sp³-hybridized carbons (Fsp3) is 0.323. The Hall–Kier alpha value is -4.13. The van der Waals surface area contributed by atoms with Crippen LogP contribution in [0.15, 0.2) is 78.9 Å². The van der Waals surface area contributed by atoms with Gasteiger partial charge in [0.05, 0.1) is 0 Å². The molecule has 0 saturated heterocycles. The molecule has 2 aliphatic carbocycles. The molecule has 3 aromatic carbocycles. The Morgan fingerprint density at radius 1 is 0.868 bits per heavy atom. The number of carbonyl (C=O) groups is 3. The number of rotatable bonds is 9. The van der Waals surface area contributed by atoms with E-state index in [0.717, 1.165) is 18.4 Å². The molecule has 0 bridgehead atoms. The number of amides is 2. The summed E-state index contributed by atoms with van der Waals surface area (Å²) in [5.41, 5.74) is 5.60. The molecule has 2 amide bonds. The summed E-state index contributed by atoms with van der Waals surface area (Å²) in [4.78, 5) is 38.4. The fourth-order valence-electron chi connectivity index (χ4n) is 5.77. The summed E-state index contributed by atoms with van der Waals surface area (Å²) in [6.45, 7) is 0.195. The molecule has 1 fully saturated rings. The topological polar surface area (TPSA) is 95.9 Å². The number of alkyl carbamates (subject to hydrolysis) is 1. The molecule has 196 valence electrons. The van der Waals surface area contributed by atoms with Crippen molar-refractivity contribution in [1.29, 1.82) is 0 Å². The van der Waals surface area contributed by atoms with Crippen LogP contribution in [0.2, 0.25) is 0 Å². The number of ether oxygens (including phenoxy) is 1. The van der Waals surface area contributed by atoms with Gasteiger partial charge in [0.1, 0.15) is 13.2 Å². The number of carboxylic acids is 1. The number of carbonyl (C=O) groups excluding carboxylic acids is 2. The molecule has 0 unspecified atom stereocenters. The Labute approximate surface area is 222 Å². The van der Waals surface area contributed by atoms with Crippen LogP contribution in [-0.4, -0.2) is 47.2 Å². The highest BCUT2D eigenvalue weighted by atomic mass is 16.5. The van der Waals surface area contributed by atoms with Crippen LogP contribution in [-0.2, 0) is 20.9 Å². The SMILES string of the molecule is O=C(O)CN(Cc1ccccc1)C(=O)C[C@@H]1CC[C@H](NC(=O)OCC2c3ccccc3-c3ccccc32)C1. The van der Waals surface area contributed by atoms with Gasteiger partial charge in [-0.25, -0.2) is 4.79 Å². The fourth-order valence-corrected chi connectivity index (χ4v) is 5.77. The first-order valence-electron chi connectivity index (χ1n) is 13.1. The average molecular weight is 513 g/mol. The van der Waals surface area contributed by atoms with Crippen molar-refractivity contribution in [2.45, 2.75) is 44.2 Å². The van der Waals surface area contributed by atoms with E-state index in [9.17, 15) is 19.5 Å². The zero-order valence-corrected chi connectivity index (χ0v) is 21.2. The lowest BCUT2D eigenvalue weighted by Gasteiger charge is -2.23. The monoisotopic (exact) mass is 512 g/mol. The molecule has 2 aliphatic rings. The third-order valence-corrected chi connectivity index (χ3v) is 7.57. The van der Waals surface area contributed by atoms with Crippen molar-refractivity contribution >= 4 is 18.0 Å². The smallest absolute Gasteiger partial charge is 0.407 e. The molecular formula is C31H32N2O5. The van der Waals surface area contributed by atoms with Crippen molar-refractivity contribution in [2.24, 2.45) is 5.92 Å². The number of benzene rings is 3.